The highest BCUT2D eigenvalue weighted by atomic mass is 35.5. The van der Waals surface area contributed by atoms with Crippen molar-refractivity contribution >= 4 is 34.2 Å². The Hall–Kier alpha value is -1.81. The maximum Gasteiger partial charge on any atom is 0.323 e. The van der Waals surface area contributed by atoms with E-state index in [0.717, 1.165) is 10.8 Å². The SMILES string of the molecule is CN(CC(=O)O)c1nccc2cccc(Cl)c12. The van der Waals surface area contributed by atoms with Crippen molar-refractivity contribution < 1.29 is 9.90 Å². The number of aromatic nitrogens is 1. The van der Waals surface area contributed by atoms with Crippen molar-refractivity contribution in [3.8, 4) is 0 Å². The molecule has 88 valence electrons. The van der Waals surface area contributed by atoms with Crippen LogP contribution in [0.25, 0.3) is 10.8 Å². The Bertz CT molecular complexity index is 566. The average molecular weight is 251 g/mol. The standard InChI is InChI=1S/C12H11ClN2O2/c1-15(7-10(16)17)12-11-8(5-6-14-12)3-2-4-9(11)13/h2-6H,7H2,1H3,(H,16,17). The van der Waals surface area contributed by atoms with Gasteiger partial charge in [0.15, 0.2) is 0 Å². The molecule has 1 aromatic heterocycles. The monoisotopic (exact) mass is 250 g/mol. The summed E-state index contributed by atoms with van der Waals surface area (Å²) in [6, 6.07) is 7.38. The highest BCUT2D eigenvalue weighted by molar-refractivity contribution is 6.36. The predicted molar refractivity (Wildman–Crippen MR) is 67.7 cm³/mol. The summed E-state index contributed by atoms with van der Waals surface area (Å²) in [6.07, 6.45) is 1.65. The molecule has 0 aliphatic carbocycles. The molecule has 0 fully saturated rings. The number of hydrogen-bond acceptors (Lipinski definition) is 3. The summed E-state index contributed by atoms with van der Waals surface area (Å²) in [5.41, 5.74) is 0. The maximum atomic E-state index is 10.7. The second-order valence-corrected chi connectivity index (χ2v) is 4.13. The van der Waals surface area contributed by atoms with E-state index < -0.39 is 5.97 Å². The van der Waals surface area contributed by atoms with Crippen LogP contribution in [0.5, 0.6) is 0 Å². The Labute approximate surface area is 103 Å². The van der Waals surface area contributed by atoms with Crippen LogP contribution in [0.4, 0.5) is 5.82 Å². The average Bonchev–Trinajstić information content (AvgIpc) is 2.28. The molecule has 17 heavy (non-hydrogen) atoms. The van der Waals surface area contributed by atoms with Crippen LogP contribution < -0.4 is 4.90 Å². The molecule has 0 saturated heterocycles. The lowest BCUT2D eigenvalue weighted by Crippen LogP contribution is -2.26. The summed E-state index contributed by atoms with van der Waals surface area (Å²) >= 11 is 6.13. The molecular weight excluding hydrogens is 240 g/mol. The van der Waals surface area contributed by atoms with E-state index >= 15 is 0 Å². The number of fused-ring (bicyclic) bond motifs is 1. The first-order chi connectivity index (χ1) is 8.09. The molecule has 0 radical (unpaired) electrons. The molecule has 0 spiro atoms. The number of carboxylic acid groups (broad SMARTS) is 1. The van der Waals surface area contributed by atoms with Crippen molar-refractivity contribution in [3.63, 3.8) is 0 Å². The van der Waals surface area contributed by atoms with Crippen LogP contribution in [0.2, 0.25) is 5.02 Å². The molecule has 0 amide bonds. The summed E-state index contributed by atoms with van der Waals surface area (Å²) < 4.78 is 0. The zero-order chi connectivity index (χ0) is 12.4. The van der Waals surface area contributed by atoms with Crippen molar-refractivity contribution in [2.75, 3.05) is 18.5 Å². The summed E-state index contributed by atoms with van der Waals surface area (Å²) in [5, 5.41) is 11.1. The Morgan fingerprint density at radius 2 is 2.24 bits per heavy atom. The van der Waals surface area contributed by atoms with Crippen LogP contribution in [0.3, 0.4) is 0 Å². The molecule has 0 unspecified atom stereocenters. The van der Waals surface area contributed by atoms with Crippen molar-refractivity contribution in [3.05, 3.63) is 35.5 Å². The van der Waals surface area contributed by atoms with Crippen LogP contribution in [0.1, 0.15) is 0 Å². The topological polar surface area (TPSA) is 53.4 Å². The van der Waals surface area contributed by atoms with E-state index in [1.807, 2.05) is 18.2 Å². The van der Waals surface area contributed by atoms with Gasteiger partial charge < -0.3 is 10.0 Å². The number of carbonyl (C=O) groups is 1. The molecule has 4 nitrogen and oxygen atoms in total. The van der Waals surface area contributed by atoms with E-state index in [2.05, 4.69) is 4.98 Å². The lowest BCUT2D eigenvalue weighted by atomic mass is 10.1. The summed E-state index contributed by atoms with van der Waals surface area (Å²) in [4.78, 5) is 16.5. The van der Waals surface area contributed by atoms with Gasteiger partial charge in [-0.2, -0.15) is 0 Å². The van der Waals surface area contributed by atoms with Crippen LogP contribution in [0.15, 0.2) is 30.5 Å². The molecular formula is C12H11ClN2O2. The van der Waals surface area contributed by atoms with Gasteiger partial charge in [0.1, 0.15) is 12.4 Å². The van der Waals surface area contributed by atoms with E-state index in [1.165, 1.54) is 0 Å². The fraction of sp³-hybridized carbons (Fsp3) is 0.167. The first-order valence-corrected chi connectivity index (χ1v) is 5.43. The second-order valence-electron chi connectivity index (χ2n) is 3.72. The van der Waals surface area contributed by atoms with Crippen molar-refractivity contribution in [1.29, 1.82) is 0 Å². The van der Waals surface area contributed by atoms with Crippen LogP contribution >= 0.6 is 11.6 Å². The van der Waals surface area contributed by atoms with E-state index in [0.29, 0.717) is 10.8 Å². The number of hydrogen-bond donors (Lipinski definition) is 1. The van der Waals surface area contributed by atoms with Crippen LogP contribution in [0, 0.1) is 0 Å². The van der Waals surface area contributed by atoms with Gasteiger partial charge in [0.2, 0.25) is 0 Å². The van der Waals surface area contributed by atoms with Gasteiger partial charge in [0, 0.05) is 18.6 Å². The first kappa shape index (κ1) is 11.7. The lowest BCUT2D eigenvalue weighted by molar-refractivity contribution is -0.135. The third-order valence-corrected chi connectivity index (χ3v) is 2.77. The molecule has 0 bridgehead atoms. The molecule has 1 heterocycles. The van der Waals surface area contributed by atoms with Crippen molar-refractivity contribution in [2.24, 2.45) is 0 Å². The molecule has 2 aromatic rings. The zero-order valence-corrected chi connectivity index (χ0v) is 9.98. The number of benzene rings is 1. The van der Waals surface area contributed by atoms with Crippen molar-refractivity contribution in [1.82, 2.24) is 4.98 Å². The summed E-state index contributed by atoms with van der Waals surface area (Å²) in [6.45, 7) is -0.114. The molecule has 2 rings (SSSR count). The molecule has 0 aliphatic heterocycles. The summed E-state index contributed by atoms with van der Waals surface area (Å²) in [7, 11) is 1.68. The number of nitrogens with zero attached hydrogens (tertiary/aromatic N) is 2. The number of halogens is 1. The van der Waals surface area contributed by atoms with Gasteiger partial charge in [-0.1, -0.05) is 23.7 Å². The number of carboxylic acids is 1. The number of aliphatic carboxylic acids is 1. The highest BCUT2D eigenvalue weighted by Crippen LogP contribution is 2.30. The van der Waals surface area contributed by atoms with E-state index in [4.69, 9.17) is 16.7 Å². The molecule has 0 saturated carbocycles. The maximum absolute atomic E-state index is 10.7. The fourth-order valence-corrected chi connectivity index (χ4v) is 2.00. The van der Waals surface area contributed by atoms with Gasteiger partial charge in [-0.05, 0) is 17.5 Å². The Kier molecular flexibility index (Phi) is 3.15. The third-order valence-electron chi connectivity index (χ3n) is 2.45. The number of rotatable bonds is 3. The van der Waals surface area contributed by atoms with Gasteiger partial charge in [-0.25, -0.2) is 4.98 Å². The predicted octanol–water partition coefficient (Wildman–Crippen LogP) is 2.41. The second kappa shape index (κ2) is 4.59. The fourth-order valence-electron chi connectivity index (χ4n) is 1.74. The van der Waals surface area contributed by atoms with E-state index in [9.17, 15) is 4.79 Å². The molecule has 1 N–H and O–H groups in total. The van der Waals surface area contributed by atoms with E-state index in [1.54, 1.807) is 24.2 Å². The van der Waals surface area contributed by atoms with E-state index in [-0.39, 0.29) is 6.54 Å². The minimum Gasteiger partial charge on any atom is -0.480 e. The minimum absolute atomic E-state index is 0.114. The molecule has 1 aromatic carbocycles. The van der Waals surface area contributed by atoms with Gasteiger partial charge in [-0.15, -0.1) is 0 Å². The van der Waals surface area contributed by atoms with Gasteiger partial charge >= 0.3 is 5.97 Å². The van der Waals surface area contributed by atoms with Crippen LogP contribution in [-0.2, 0) is 4.79 Å². The Morgan fingerprint density at radius 1 is 1.47 bits per heavy atom. The molecule has 5 heteroatoms. The van der Waals surface area contributed by atoms with Gasteiger partial charge in [-0.3, -0.25) is 4.79 Å². The Balaban J connectivity index is 2.57. The Morgan fingerprint density at radius 3 is 2.94 bits per heavy atom. The molecule has 0 aliphatic rings. The molecule has 0 atom stereocenters. The van der Waals surface area contributed by atoms with Gasteiger partial charge in [0.25, 0.3) is 0 Å². The number of pyridine rings is 1. The van der Waals surface area contributed by atoms with Crippen LogP contribution in [-0.4, -0.2) is 29.7 Å². The number of likely N-dealkylation sites (N-methyl/N-ethyl adjacent to an activating group) is 1. The smallest absolute Gasteiger partial charge is 0.323 e. The zero-order valence-electron chi connectivity index (χ0n) is 9.22. The quantitative estimate of drug-likeness (QED) is 0.909. The lowest BCUT2D eigenvalue weighted by Gasteiger charge is -2.18. The normalized spacial score (nSPS) is 10.5. The minimum atomic E-state index is -0.904. The first-order valence-electron chi connectivity index (χ1n) is 5.06. The van der Waals surface area contributed by atoms with Gasteiger partial charge in [0.05, 0.1) is 5.02 Å². The third kappa shape index (κ3) is 2.31. The largest absolute Gasteiger partial charge is 0.480 e. The number of anilines is 1. The summed E-state index contributed by atoms with van der Waals surface area (Å²) in [5.74, 6) is -0.325. The highest BCUT2D eigenvalue weighted by Gasteiger charge is 2.12. The van der Waals surface area contributed by atoms with Crippen molar-refractivity contribution in [2.45, 2.75) is 0 Å².